The third-order valence-corrected chi connectivity index (χ3v) is 6.36. The summed E-state index contributed by atoms with van der Waals surface area (Å²) in [6.07, 6.45) is 10.1. The molecule has 2 aromatic carbocycles. The standard InChI is InChI=1S/C30H41N2O/c1-6-32(7-2)20-12-13-21-33-30-19-18-25(27-16-10-8-14-24(27)3)22-29(30)28-17-11-9-15-26(28)23-31(4)5/h8,10-11,14-19,22H,6-7,9,12-13,20-21,23H2,1-5H3. The van der Waals surface area contributed by atoms with Crippen LogP contribution in [-0.2, 0) is 0 Å². The molecule has 177 valence electrons. The maximum atomic E-state index is 6.40. The topological polar surface area (TPSA) is 15.7 Å². The predicted molar refractivity (Wildman–Crippen MR) is 143 cm³/mol. The van der Waals surface area contributed by atoms with Gasteiger partial charge in [-0.15, -0.1) is 0 Å². The highest BCUT2D eigenvalue weighted by atomic mass is 16.5. The van der Waals surface area contributed by atoms with Gasteiger partial charge in [-0.1, -0.05) is 56.3 Å². The molecule has 2 aromatic rings. The van der Waals surface area contributed by atoms with Crippen LogP contribution in [0.3, 0.4) is 0 Å². The summed E-state index contributed by atoms with van der Waals surface area (Å²) in [5.41, 5.74) is 7.67. The molecule has 1 radical (unpaired) electrons. The first-order valence-corrected chi connectivity index (χ1v) is 12.5. The van der Waals surface area contributed by atoms with Gasteiger partial charge in [0.05, 0.1) is 6.61 Å². The van der Waals surface area contributed by atoms with Gasteiger partial charge in [-0.05, 0) is 106 Å². The number of rotatable bonds is 12. The molecule has 1 aliphatic carbocycles. The van der Waals surface area contributed by atoms with E-state index < -0.39 is 0 Å². The van der Waals surface area contributed by atoms with E-state index in [-0.39, 0.29) is 0 Å². The lowest BCUT2D eigenvalue weighted by molar-refractivity contribution is 0.266. The minimum Gasteiger partial charge on any atom is -0.493 e. The molecule has 3 nitrogen and oxygen atoms in total. The number of benzene rings is 2. The van der Waals surface area contributed by atoms with Crippen molar-refractivity contribution in [3.05, 3.63) is 77.7 Å². The van der Waals surface area contributed by atoms with Crippen LogP contribution in [0.1, 0.15) is 44.2 Å². The minimum absolute atomic E-state index is 0.752. The summed E-state index contributed by atoms with van der Waals surface area (Å²) < 4.78 is 6.40. The quantitative estimate of drug-likeness (QED) is 0.341. The van der Waals surface area contributed by atoms with Crippen molar-refractivity contribution in [2.45, 2.75) is 40.0 Å². The van der Waals surface area contributed by atoms with Crippen molar-refractivity contribution in [3.63, 3.8) is 0 Å². The van der Waals surface area contributed by atoms with Gasteiger partial charge in [0.25, 0.3) is 0 Å². The highest BCUT2D eigenvalue weighted by Crippen LogP contribution is 2.37. The molecule has 0 atom stereocenters. The van der Waals surface area contributed by atoms with Crippen molar-refractivity contribution < 1.29 is 4.74 Å². The molecule has 0 N–H and O–H groups in total. The summed E-state index contributed by atoms with van der Waals surface area (Å²) >= 11 is 0. The molecule has 1 aliphatic rings. The van der Waals surface area contributed by atoms with E-state index in [1.54, 1.807) is 0 Å². The molecule has 0 bridgehead atoms. The van der Waals surface area contributed by atoms with Crippen molar-refractivity contribution in [1.29, 1.82) is 0 Å². The predicted octanol–water partition coefficient (Wildman–Crippen LogP) is 6.64. The zero-order chi connectivity index (χ0) is 23.6. The molecule has 33 heavy (non-hydrogen) atoms. The van der Waals surface area contributed by atoms with Gasteiger partial charge < -0.3 is 14.5 Å². The number of hydrogen-bond donors (Lipinski definition) is 0. The van der Waals surface area contributed by atoms with Gasteiger partial charge >= 0.3 is 0 Å². The van der Waals surface area contributed by atoms with Gasteiger partial charge in [-0.2, -0.15) is 0 Å². The Bertz CT molecular complexity index is 954. The third kappa shape index (κ3) is 7.06. The second-order valence-corrected chi connectivity index (χ2v) is 9.13. The first-order chi connectivity index (χ1) is 16.0. The molecule has 0 heterocycles. The number of likely N-dealkylation sites (N-methyl/N-ethyl adjacent to an activating group) is 1. The second-order valence-electron chi connectivity index (χ2n) is 9.13. The average Bonchev–Trinajstić information content (AvgIpc) is 2.82. The molecule has 0 unspecified atom stereocenters. The molecule has 0 saturated carbocycles. The molecule has 0 aliphatic heterocycles. The molecule has 3 rings (SSSR count). The number of aryl methyl sites for hydroxylation is 1. The minimum atomic E-state index is 0.752. The van der Waals surface area contributed by atoms with Crippen LogP contribution in [0.5, 0.6) is 5.75 Å². The number of hydrogen-bond acceptors (Lipinski definition) is 3. The number of allylic oxidation sites excluding steroid dienone is 3. The van der Waals surface area contributed by atoms with Crippen LogP contribution in [0.25, 0.3) is 16.7 Å². The van der Waals surface area contributed by atoms with Gasteiger partial charge in [0, 0.05) is 12.1 Å². The van der Waals surface area contributed by atoms with Gasteiger partial charge in [0.15, 0.2) is 0 Å². The van der Waals surface area contributed by atoms with E-state index in [1.807, 2.05) is 0 Å². The maximum Gasteiger partial charge on any atom is 0.127 e. The largest absolute Gasteiger partial charge is 0.493 e. The number of nitrogens with zero attached hydrogens (tertiary/aromatic N) is 2. The van der Waals surface area contributed by atoms with Crippen LogP contribution in [0, 0.1) is 13.3 Å². The summed E-state index contributed by atoms with van der Waals surface area (Å²) in [6.45, 7) is 11.7. The van der Waals surface area contributed by atoms with Gasteiger partial charge in [0.2, 0.25) is 0 Å². The molecular weight excluding hydrogens is 404 g/mol. The normalized spacial score (nSPS) is 13.9. The average molecular weight is 446 g/mol. The summed E-state index contributed by atoms with van der Waals surface area (Å²) in [7, 11) is 4.27. The summed E-state index contributed by atoms with van der Waals surface area (Å²) in [6, 6.07) is 15.3. The van der Waals surface area contributed by atoms with Crippen molar-refractivity contribution in [1.82, 2.24) is 9.80 Å². The molecular formula is C30H41N2O. The van der Waals surface area contributed by atoms with Crippen LogP contribution in [0.4, 0.5) is 0 Å². The van der Waals surface area contributed by atoms with Gasteiger partial charge in [0.1, 0.15) is 5.75 Å². The molecule has 3 heteroatoms. The number of unbranched alkanes of at least 4 members (excludes halogenated alkanes) is 1. The number of ether oxygens (including phenoxy) is 1. The molecule has 0 fully saturated rings. The lowest BCUT2D eigenvalue weighted by atomic mass is 9.89. The monoisotopic (exact) mass is 445 g/mol. The lowest BCUT2D eigenvalue weighted by Gasteiger charge is -2.22. The fourth-order valence-electron chi connectivity index (χ4n) is 4.46. The second kappa shape index (κ2) is 12.8. The Labute approximate surface area is 201 Å². The summed E-state index contributed by atoms with van der Waals surface area (Å²) in [4.78, 5) is 4.72. The Morgan fingerprint density at radius 1 is 0.939 bits per heavy atom. The Hall–Kier alpha value is -2.36. The summed E-state index contributed by atoms with van der Waals surface area (Å²) in [5, 5.41) is 0. The third-order valence-electron chi connectivity index (χ3n) is 6.36. The van der Waals surface area contributed by atoms with Gasteiger partial charge in [-0.25, -0.2) is 0 Å². The smallest absolute Gasteiger partial charge is 0.127 e. The highest BCUT2D eigenvalue weighted by Gasteiger charge is 2.17. The Morgan fingerprint density at radius 2 is 1.73 bits per heavy atom. The molecule has 0 amide bonds. The summed E-state index contributed by atoms with van der Waals surface area (Å²) in [5.74, 6) is 0.987. The first-order valence-electron chi connectivity index (χ1n) is 12.5. The Balaban J connectivity index is 1.88. The lowest BCUT2D eigenvalue weighted by Crippen LogP contribution is -2.24. The van der Waals surface area contributed by atoms with Gasteiger partial charge in [-0.3, -0.25) is 0 Å². The highest BCUT2D eigenvalue weighted by molar-refractivity contribution is 5.85. The Kier molecular flexibility index (Phi) is 9.77. The van der Waals surface area contributed by atoms with Crippen molar-refractivity contribution in [2.75, 3.05) is 46.9 Å². The van der Waals surface area contributed by atoms with E-state index in [4.69, 9.17) is 4.74 Å². The molecule has 0 spiro atoms. The fourth-order valence-corrected chi connectivity index (χ4v) is 4.46. The van der Waals surface area contributed by atoms with E-state index in [2.05, 4.69) is 106 Å². The molecule has 0 aromatic heterocycles. The van der Waals surface area contributed by atoms with E-state index >= 15 is 0 Å². The van der Waals surface area contributed by atoms with E-state index in [0.717, 1.165) is 51.4 Å². The first kappa shape index (κ1) is 25.3. The Morgan fingerprint density at radius 3 is 2.45 bits per heavy atom. The SMILES string of the molecule is CCN(CC)CCCCOc1ccc(-c2ccccc2C)cc1C1=C(CN(C)C)[CH]CC=C1. The fraction of sp³-hybridized carbons (Fsp3) is 0.433. The maximum absolute atomic E-state index is 6.40. The van der Waals surface area contributed by atoms with Crippen molar-refractivity contribution >= 4 is 5.57 Å². The zero-order valence-electron chi connectivity index (χ0n) is 21.2. The van der Waals surface area contributed by atoms with Crippen LogP contribution in [0.2, 0.25) is 0 Å². The van der Waals surface area contributed by atoms with Crippen molar-refractivity contribution in [3.8, 4) is 16.9 Å². The van der Waals surface area contributed by atoms with E-state index in [1.165, 1.54) is 39.8 Å². The van der Waals surface area contributed by atoms with Crippen molar-refractivity contribution in [2.24, 2.45) is 0 Å². The van der Waals surface area contributed by atoms with E-state index in [0.29, 0.717) is 0 Å². The van der Waals surface area contributed by atoms with E-state index in [9.17, 15) is 0 Å². The van der Waals surface area contributed by atoms with Crippen LogP contribution in [0.15, 0.2) is 60.2 Å². The van der Waals surface area contributed by atoms with Crippen LogP contribution >= 0.6 is 0 Å². The zero-order valence-corrected chi connectivity index (χ0v) is 21.2. The van der Waals surface area contributed by atoms with Crippen LogP contribution < -0.4 is 4.74 Å². The molecule has 0 saturated heterocycles. The van der Waals surface area contributed by atoms with Crippen LogP contribution in [-0.4, -0.2) is 56.7 Å².